The molecule has 0 spiro atoms. The zero-order valence-electron chi connectivity index (χ0n) is 19.8. The SMILES string of the molecule is CCOC(=O)c1c(C)[nH]c(C(=O)NC(CC)c2ccccc2OCC(=O)N2CCCC2)c1C. The van der Waals surface area contributed by atoms with Gasteiger partial charge in [0.15, 0.2) is 6.61 Å². The topological polar surface area (TPSA) is 101 Å². The van der Waals surface area contributed by atoms with E-state index in [2.05, 4.69) is 10.3 Å². The highest BCUT2D eigenvalue weighted by atomic mass is 16.5. The quantitative estimate of drug-likeness (QED) is 0.562. The number of aromatic nitrogens is 1. The van der Waals surface area contributed by atoms with Crippen LogP contribution < -0.4 is 10.1 Å². The molecule has 33 heavy (non-hydrogen) atoms. The molecular formula is C25H33N3O5. The van der Waals surface area contributed by atoms with Gasteiger partial charge < -0.3 is 24.7 Å². The van der Waals surface area contributed by atoms with Gasteiger partial charge in [0.2, 0.25) is 0 Å². The van der Waals surface area contributed by atoms with Crippen LogP contribution in [0.2, 0.25) is 0 Å². The summed E-state index contributed by atoms with van der Waals surface area (Å²) in [5.74, 6) is -0.218. The summed E-state index contributed by atoms with van der Waals surface area (Å²) < 4.78 is 11.0. The molecule has 3 rings (SSSR count). The number of aryl methyl sites for hydroxylation is 1. The van der Waals surface area contributed by atoms with Crippen molar-refractivity contribution in [2.24, 2.45) is 0 Å². The lowest BCUT2D eigenvalue weighted by Gasteiger charge is -2.21. The van der Waals surface area contributed by atoms with Crippen LogP contribution in [0.3, 0.4) is 0 Å². The zero-order chi connectivity index (χ0) is 24.0. The fourth-order valence-electron chi connectivity index (χ4n) is 4.21. The number of amides is 2. The molecule has 1 atom stereocenters. The van der Waals surface area contributed by atoms with Crippen molar-refractivity contribution in [3.8, 4) is 5.75 Å². The Labute approximate surface area is 194 Å². The fraction of sp³-hybridized carbons (Fsp3) is 0.480. The van der Waals surface area contributed by atoms with Crippen molar-refractivity contribution in [2.45, 2.75) is 53.0 Å². The number of carbonyl (C=O) groups excluding carboxylic acids is 3. The van der Waals surface area contributed by atoms with Crippen molar-refractivity contribution in [3.05, 3.63) is 52.3 Å². The monoisotopic (exact) mass is 455 g/mol. The normalized spacial score (nSPS) is 14.1. The highest BCUT2D eigenvalue weighted by Crippen LogP contribution is 2.28. The minimum Gasteiger partial charge on any atom is -0.483 e. The average molecular weight is 456 g/mol. The summed E-state index contributed by atoms with van der Waals surface area (Å²) in [5.41, 5.74) is 2.66. The second kappa shape index (κ2) is 11.0. The van der Waals surface area contributed by atoms with E-state index in [1.54, 1.807) is 20.8 Å². The third-order valence-corrected chi connectivity index (χ3v) is 5.96. The third-order valence-electron chi connectivity index (χ3n) is 5.96. The summed E-state index contributed by atoms with van der Waals surface area (Å²) in [4.78, 5) is 42.6. The van der Waals surface area contributed by atoms with Gasteiger partial charge in [-0.25, -0.2) is 4.79 Å². The molecule has 8 nitrogen and oxygen atoms in total. The molecule has 2 amide bonds. The number of hydrogen-bond acceptors (Lipinski definition) is 5. The number of rotatable bonds is 9. The summed E-state index contributed by atoms with van der Waals surface area (Å²) in [5, 5.41) is 3.04. The molecule has 0 bridgehead atoms. The Morgan fingerprint density at radius 2 is 1.82 bits per heavy atom. The smallest absolute Gasteiger partial charge is 0.340 e. The van der Waals surface area contributed by atoms with E-state index in [0.29, 0.717) is 34.7 Å². The van der Waals surface area contributed by atoms with Gasteiger partial charge in [0.25, 0.3) is 11.8 Å². The molecule has 1 aromatic heterocycles. The Morgan fingerprint density at radius 1 is 1.12 bits per heavy atom. The van der Waals surface area contributed by atoms with Crippen molar-refractivity contribution < 1.29 is 23.9 Å². The summed E-state index contributed by atoms with van der Waals surface area (Å²) in [6.45, 7) is 8.97. The number of para-hydroxylation sites is 1. The largest absolute Gasteiger partial charge is 0.483 e. The van der Waals surface area contributed by atoms with Crippen LogP contribution in [0.4, 0.5) is 0 Å². The Kier molecular flexibility index (Phi) is 8.14. The van der Waals surface area contributed by atoms with E-state index < -0.39 is 5.97 Å². The van der Waals surface area contributed by atoms with Gasteiger partial charge in [-0.1, -0.05) is 25.1 Å². The number of carbonyl (C=O) groups is 3. The van der Waals surface area contributed by atoms with Crippen LogP contribution in [0.1, 0.15) is 76.8 Å². The predicted molar refractivity (Wildman–Crippen MR) is 124 cm³/mol. The lowest BCUT2D eigenvalue weighted by molar-refractivity contribution is -0.132. The van der Waals surface area contributed by atoms with Gasteiger partial charge in [0.1, 0.15) is 11.4 Å². The molecule has 8 heteroatoms. The minimum atomic E-state index is -0.448. The Morgan fingerprint density at radius 3 is 2.48 bits per heavy atom. The van der Waals surface area contributed by atoms with Crippen molar-refractivity contribution in [2.75, 3.05) is 26.3 Å². The van der Waals surface area contributed by atoms with E-state index in [4.69, 9.17) is 9.47 Å². The summed E-state index contributed by atoms with van der Waals surface area (Å²) in [7, 11) is 0. The Balaban J connectivity index is 1.75. The van der Waals surface area contributed by atoms with E-state index in [0.717, 1.165) is 31.5 Å². The van der Waals surface area contributed by atoms with Crippen LogP contribution in [0.5, 0.6) is 5.75 Å². The molecule has 0 radical (unpaired) electrons. The van der Waals surface area contributed by atoms with Gasteiger partial charge in [0, 0.05) is 24.3 Å². The fourth-order valence-corrected chi connectivity index (χ4v) is 4.21. The number of H-pyrrole nitrogens is 1. The molecule has 2 N–H and O–H groups in total. The zero-order valence-corrected chi connectivity index (χ0v) is 19.8. The third kappa shape index (κ3) is 5.56. The van der Waals surface area contributed by atoms with Crippen molar-refractivity contribution in [3.63, 3.8) is 0 Å². The standard InChI is InChI=1S/C25H33N3O5/c1-5-19(27-24(30)23-16(3)22(17(4)26-23)25(31)32-6-2)18-11-7-8-12-20(18)33-15-21(29)28-13-9-10-14-28/h7-8,11-12,19,26H,5-6,9-10,13-15H2,1-4H3,(H,27,30). The lowest BCUT2D eigenvalue weighted by atomic mass is 10.0. The summed E-state index contributed by atoms with van der Waals surface area (Å²) in [6.07, 6.45) is 2.68. The highest BCUT2D eigenvalue weighted by molar-refractivity contribution is 6.00. The van der Waals surface area contributed by atoms with Gasteiger partial charge in [0.05, 0.1) is 18.2 Å². The number of nitrogens with one attached hydrogen (secondary N) is 2. The molecular weight excluding hydrogens is 422 g/mol. The second-order valence-corrected chi connectivity index (χ2v) is 8.19. The maximum absolute atomic E-state index is 13.1. The number of hydrogen-bond donors (Lipinski definition) is 2. The first-order valence-corrected chi connectivity index (χ1v) is 11.5. The molecule has 1 saturated heterocycles. The molecule has 1 aliphatic rings. The van der Waals surface area contributed by atoms with E-state index in [9.17, 15) is 14.4 Å². The summed E-state index contributed by atoms with van der Waals surface area (Å²) in [6, 6.07) is 7.09. The Hall–Kier alpha value is -3.29. The van der Waals surface area contributed by atoms with E-state index in [-0.39, 0.29) is 31.1 Å². The highest BCUT2D eigenvalue weighted by Gasteiger charge is 2.25. The molecule has 0 saturated carbocycles. The molecule has 1 unspecified atom stereocenters. The maximum Gasteiger partial charge on any atom is 0.340 e. The van der Waals surface area contributed by atoms with Crippen LogP contribution in [-0.2, 0) is 9.53 Å². The van der Waals surface area contributed by atoms with Crippen molar-refractivity contribution in [1.82, 2.24) is 15.2 Å². The lowest BCUT2D eigenvalue weighted by Crippen LogP contribution is -2.33. The number of nitrogens with zero attached hydrogens (tertiary/aromatic N) is 1. The van der Waals surface area contributed by atoms with E-state index >= 15 is 0 Å². The van der Waals surface area contributed by atoms with Crippen LogP contribution >= 0.6 is 0 Å². The van der Waals surface area contributed by atoms with Gasteiger partial charge in [-0.15, -0.1) is 0 Å². The molecule has 1 aliphatic heterocycles. The van der Waals surface area contributed by atoms with Crippen molar-refractivity contribution in [1.29, 1.82) is 0 Å². The predicted octanol–water partition coefficient (Wildman–Crippen LogP) is 3.69. The Bertz CT molecular complexity index is 1010. The first kappa shape index (κ1) is 24.4. The molecule has 1 aromatic carbocycles. The van der Waals surface area contributed by atoms with Crippen molar-refractivity contribution >= 4 is 17.8 Å². The summed E-state index contributed by atoms with van der Waals surface area (Å²) >= 11 is 0. The van der Waals surface area contributed by atoms with E-state index in [1.165, 1.54) is 0 Å². The van der Waals surface area contributed by atoms with Crippen LogP contribution in [0.25, 0.3) is 0 Å². The molecule has 0 aliphatic carbocycles. The first-order valence-electron chi connectivity index (χ1n) is 11.5. The van der Waals surface area contributed by atoms with Gasteiger partial charge in [-0.3, -0.25) is 9.59 Å². The average Bonchev–Trinajstić information content (AvgIpc) is 3.44. The second-order valence-electron chi connectivity index (χ2n) is 8.19. The maximum atomic E-state index is 13.1. The van der Waals surface area contributed by atoms with Gasteiger partial charge >= 0.3 is 5.97 Å². The molecule has 2 aromatic rings. The van der Waals surface area contributed by atoms with Crippen LogP contribution in [-0.4, -0.2) is 54.0 Å². The number of esters is 1. The number of aromatic amines is 1. The molecule has 178 valence electrons. The number of benzene rings is 1. The van der Waals surface area contributed by atoms with Gasteiger partial charge in [-0.2, -0.15) is 0 Å². The number of ether oxygens (including phenoxy) is 2. The minimum absolute atomic E-state index is 0.0247. The molecule has 1 fully saturated rings. The first-order chi connectivity index (χ1) is 15.9. The van der Waals surface area contributed by atoms with Crippen LogP contribution in [0, 0.1) is 13.8 Å². The van der Waals surface area contributed by atoms with Gasteiger partial charge in [-0.05, 0) is 51.7 Å². The van der Waals surface area contributed by atoms with E-state index in [1.807, 2.05) is 36.1 Å². The van der Waals surface area contributed by atoms with Crippen LogP contribution in [0.15, 0.2) is 24.3 Å². The number of likely N-dealkylation sites (tertiary alicyclic amines) is 1. The molecule has 2 heterocycles.